The number of imidazole rings is 1. The molecular weight excluding hydrogens is 352 g/mol. The van der Waals surface area contributed by atoms with Crippen LogP contribution in [0.1, 0.15) is 4.88 Å². The van der Waals surface area contributed by atoms with E-state index in [0.717, 1.165) is 9.35 Å². The predicted molar refractivity (Wildman–Crippen MR) is 79.1 cm³/mol. The zero-order chi connectivity index (χ0) is 13.4. The van der Waals surface area contributed by atoms with Crippen molar-refractivity contribution in [2.24, 2.45) is 0 Å². The maximum Gasteiger partial charge on any atom is 0.372 e. The minimum absolute atomic E-state index is 0.0241. The van der Waals surface area contributed by atoms with E-state index in [1.54, 1.807) is 22.9 Å². The number of nitrogens with zero attached hydrogens (tertiary/aromatic N) is 3. The van der Waals surface area contributed by atoms with Crippen molar-refractivity contribution in [1.29, 1.82) is 0 Å². The molecule has 0 unspecified atom stereocenters. The SMILES string of the molecule is O=[N+]([O-])c1c(NCc2sccc2Br)nc2sccn12. The molecule has 0 aliphatic heterocycles. The first kappa shape index (κ1) is 12.6. The molecule has 0 amide bonds. The molecule has 0 saturated heterocycles. The van der Waals surface area contributed by atoms with E-state index in [1.165, 1.54) is 15.7 Å². The second kappa shape index (κ2) is 4.91. The van der Waals surface area contributed by atoms with Crippen molar-refractivity contribution in [2.45, 2.75) is 6.54 Å². The molecule has 1 N–H and O–H groups in total. The lowest BCUT2D eigenvalue weighted by atomic mass is 10.4. The van der Waals surface area contributed by atoms with Crippen LogP contribution in [0.2, 0.25) is 0 Å². The van der Waals surface area contributed by atoms with Crippen molar-refractivity contribution < 1.29 is 4.92 Å². The Kier molecular flexibility index (Phi) is 3.25. The number of thiophene rings is 1. The number of aromatic nitrogens is 2. The molecule has 0 aliphatic rings. The van der Waals surface area contributed by atoms with E-state index < -0.39 is 4.92 Å². The fraction of sp³-hybridized carbons (Fsp3) is 0.100. The number of rotatable bonds is 4. The third-order valence-corrected chi connectivity index (χ3v) is 5.20. The van der Waals surface area contributed by atoms with E-state index in [2.05, 4.69) is 26.2 Å². The molecule has 3 rings (SSSR count). The number of fused-ring (bicyclic) bond motifs is 1. The highest BCUT2D eigenvalue weighted by atomic mass is 79.9. The first-order valence-electron chi connectivity index (χ1n) is 5.22. The molecule has 0 saturated carbocycles. The number of nitro groups is 1. The van der Waals surface area contributed by atoms with Crippen LogP contribution in [-0.2, 0) is 6.54 Å². The average Bonchev–Trinajstić information content (AvgIpc) is 3.00. The number of hydrogen-bond acceptors (Lipinski definition) is 6. The molecule has 0 radical (unpaired) electrons. The summed E-state index contributed by atoms with van der Waals surface area (Å²) in [6.07, 6.45) is 1.65. The van der Waals surface area contributed by atoms with Gasteiger partial charge in [0.1, 0.15) is 6.20 Å². The lowest BCUT2D eigenvalue weighted by Gasteiger charge is -2.02. The predicted octanol–water partition coefficient (Wildman–Crippen LogP) is 3.74. The van der Waals surface area contributed by atoms with Gasteiger partial charge < -0.3 is 15.4 Å². The zero-order valence-corrected chi connectivity index (χ0v) is 12.6. The highest BCUT2D eigenvalue weighted by molar-refractivity contribution is 9.10. The van der Waals surface area contributed by atoms with Gasteiger partial charge in [-0.05, 0) is 32.3 Å². The highest BCUT2D eigenvalue weighted by Crippen LogP contribution is 2.29. The summed E-state index contributed by atoms with van der Waals surface area (Å²) >= 11 is 6.38. The first-order chi connectivity index (χ1) is 9.16. The fourth-order valence-electron chi connectivity index (χ4n) is 1.68. The van der Waals surface area contributed by atoms with Gasteiger partial charge in [-0.1, -0.05) is 11.3 Å². The molecule has 3 heterocycles. The summed E-state index contributed by atoms with van der Waals surface area (Å²) < 4.78 is 2.48. The summed E-state index contributed by atoms with van der Waals surface area (Å²) in [4.78, 5) is 16.6. The smallest absolute Gasteiger partial charge is 0.358 e. The molecule has 3 aromatic rings. The topological polar surface area (TPSA) is 72.5 Å². The number of nitrogens with one attached hydrogen (secondary N) is 1. The molecule has 0 bridgehead atoms. The summed E-state index contributed by atoms with van der Waals surface area (Å²) in [5.74, 6) is 0.279. The normalized spacial score (nSPS) is 11.0. The Morgan fingerprint density at radius 3 is 3.00 bits per heavy atom. The van der Waals surface area contributed by atoms with Gasteiger partial charge in [0, 0.05) is 14.7 Å². The quantitative estimate of drug-likeness (QED) is 0.569. The largest absolute Gasteiger partial charge is 0.372 e. The Labute approximate surface area is 124 Å². The van der Waals surface area contributed by atoms with Gasteiger partial charge in [-0.25, -0.2) is 0 Å². The molecule has 6 nitrogen and oxygen atoms in total. The van der Waals surface area contributed by atoms with Crippen LogP contribution in [-0.4, -0.2) is 14.3 Å². The van der Waals surface area contributed by atoms with Crippen LogP contribution in [0.25, 0.3) is 4.96 Å². The van der Waals surface area contributed by atoms with Gasteiger partial charge in [-0.2, -0.15) is 9.38 Å². The van der Waals surface area contributed by atoms with E-state index in [9.17, 15) is 10.1 Å². The molecule has 3 aromatic heterocycles. The maximum absolute atomic E-state index is 11.1. The van der Waals surface area contributed by atoms with Crippen molar-refractivity contribution in [3.05, 3.63) is 42.5 Å². The molecule has 19 heavy (non-hydrogen) atoms. The van der Waals surface area contributed by atoms with Crippen LogP contribution < -0.4 is 5.32 Å². The molecular formula is C10H7BrN4O2S2. The van der Waals surface area contributed by atoms with Crippen molar-refractivity contribution in [3.8, 4) is 0 Å². The van der Waals surface area contributed by atoms with Crippen molar-refractivity contribution >= 4 is 55.2 Å². The zero-order valence-electron chi connectivity index (χ0n) is 9.37. The Bertz CT molecular complexity index is 748. The molecule has 0 fully saturated rings. The fourth-order valence-corrected chi connectivity index (χ4v) is 3.82. The third-order valence-electron chi connectivity index (χ3n) is 2.52. The number of hydrogen-bond donors (Lipinski definition) is 1. The number of anilines is 1. The Morgan fingerprint density at radius 2 is 2.32 bits per heavy atom. The van der Waals surface area contributed by atoms with Crippen LogP contribution in [0.4, 0.5) is 11.6 Å². The lowest BCUT2D eigenvalue weighted by molar-refractivity contribution is -0.389. The van der Waals surface area contributed by atoms with Crippen LogP contribution >= 0.6 is 38.6 Å². The van der Waals surface area contributed by atoms with Gasteiger partial charge in [-0.15, -0.1) is 11.3 Å². The van der Waals surface area contributed by atoms with Crippen LogP contribution in [0.15, 0.2) is 27.5 Å². The minimum atomic E-state index is -0.418. The molecule has 9 heteroatoms. The molecule has 98 valence electrons. The van der Waals surface area contributed by atoms with E-state index in [0.29, 0.717) is 17.3 Å². The Morgan fingerprint density at radius 1 is 1.47 bits per heavy atom. The van der Waals surface area contributed by atoms with Gasteiger partial charge in [0.2, 0.25) is 5.82 Å². The minimum Gasteiger partial charge on any atom is -0.358 e. The van der Waals surface area contributed by atoms with Gasteiger partial charge in [0.05, 0.1) is 6.54 Å². The van der Waals surface area contributed by atoms with Gasteiger partial charge in [0.25, 0.3) is 4.96 Å². The number of halogens is 1. The average molecular weight is 359 g/mol. The summed E-state index contributed by atoms with van der Waals surface area (Å²) in [5, 5.41) is 17.9. The Balaban J connectivity index is 1.92. The highest BCUT2D eigenvalue weighted by Gasteiger charge is 2.23. The third kappa shape index (κ3) is 2.24. The van der Waals surface area contributed by atoms with Gasteiger partial charge >= 0.3 is 5.82 Å². The molecule has 0 spiro atoms. The van der Waals surface area contributed by atoms with Crippen LogP contribution in [0.3, 0.4) is 0 Å². The van der Waals surface area contributed by atoms with Crippen molar-refractivity contribution in [3.63, 3.8) is 0 Å². The summed E-state index contributed by atoms with van der Waals surface area (Å²) in [6.45, 7) is 0.504. The van der Waals surface area contributed by atoms with Crippen molar-refractivity contribution in [1.82, 2.24) is 9.38 Å². The summed E-state index contributed by atoms with van der Waals surface area (Å²) in [6, 6.07) is 1.95. The second-order valence-corrected chi connectivity index (χ2v) is 6.37. The van der Waals surface area contributed by atoms with Gasteiger partial charge in [0.15, 0.2) is 0 Å². The van der Waals surface area contributed by atoms with E-state index in [1.807, 2.05) is 11.4 Å². The second-order valence-electron chi connectivity index (χ2n) is 3.64. The van der Waals surface area contributed by atoms with Crippen molar-refractivity contribution in [2.75, 3.05) is 5.32 Å². The number of thiazole rings is 1. The van der Waals surface area contributed by atoms with Gasteiger partial charge in [-0.3, -0.25) is 0 Å². The maximum atomic E-state index is 11.1. The lowest BCUT2D eigenvalue weighted by Crippen LogP contribution is -2.02. The molecule has 0 atom stereocenters. The Hall–Kier alpha value is -1.45. The molecule has 0 aliphatic carbocycles. The van der Waals surface area contributed by atoms with E-state index >= 15 is 0 Å². The standard InChI is InChI=1S/C10H7BrN4O2S2/c11-6-1-3-18-7(6)5-12-8-9(15(16)17)14-2-4-19-10(14)13-8/h1-4,12H,5H2. The first-order valence-corrected chi connectivity index (χ1v) is 7.77. The van der Waals surface area contributed by atoms with E-state index in [-0.39, 0.29) is 5.82 Å². The monoisotopic (exact) mass is 358 g/mol. The van der Waals surface area contributed by atoms with Crippen LogP contribution in [0.5, 0.6) is 0 Å². The summed E-state index contributed by atoms with van der Waals surface area (Å²) in [7, 11) is 0. The molecule has 0 aromatic carbocycles. The van der Waals surface area contributed by atoms with Crippen LogP contribution in [0, 0.1) is 10.1 Å². The van der Waals surface area contributed by atoms with E-state index in [4.69, 9.17) is 0 Å². The summed E-state index contributed by atoms with van der Waals surface area (Å²) in [5.41, 5.74) is 0.